The molecule has 0 aliphatic heterocycles. The van der Waals surface area contributed by atoms with E-state index in [4.69, 9.17) is 9.47 Å². The SMILES string of the molecule is CCCOc1ccc(NC(=O)c2nn(CCC)c(=O)c3ccccc23)cc1OCCC. The third-order valence-corrected chi connectivity index (χ3v) is 4.64. The second kappa shape index (κ2) is 10.6. The molecule has 0 bridgehead atoms. The molecule has 0 saturated carbocycles. The van der Waals surface area contributed by atoms with Crippen LogP contribution in [0.2, 0.25) is 0 Å². The Balaban J connectivity index is 1.94. The molecule has 0 atom stereocenters. The van der Waals surface area contributed by atoms with Crippen molar-refractivity contribution in [3.63, 3.8) is 0 Å². The highest BCUT2D eigenvalue weighted by atomic mass is 16.5. The van der Waals surface area contributed by atoms with Crippen LogP contribution in [0.5, 0.6) is 11.5 Å². The summed E-state index contributed by atoms with van der Waals surface area (Å²) in [5.41, 5.74) is 0.590. The first-order chi connectivity index (χ1) is 15.1. The van der Waals surface area contributed by atoms with Gasteiger partial charge >= 0.3 is 0 Å². The molecule has 7 heteroatoms. The van der Waals surface area contributed by atoms with Crippen molar-refractivity contribution in [2.24, 2.45) is 0 Å². The number of nitrogens with zero attached hydrogens (tertiary/aromatic N) is 2. The summed E-state index contributed by atoms with van der Waals surface area (Å²) < 4.78 is 12.9. The van der Waals surface area contributed by atoms with Crippen molar-refractivity contribution < 1.29 is 14.3 Å². The summed E-state index contributed by atoms with van der Waals surface area (Å²) in [5.74, 6) is 0.847. The molecule has 1 heterocycles. The van der Waals surface area contributed by atoms with Gasteiger partial charge in [-0.3, -0.25) is 9.59 Å². The number of carbonyl (C=O) groups excluding carboxylic acids is 1. The molecule has 31 heavy (non-hydrogen) atoms. The maximum atomic E-state index is 13.1. The summed E-state index contributed by atoms with van der Waals surface area (Å²) in [4.78, 5) is 25.8. The van der Waals surface area contributed by atoms with E-state index >= 15 is 0 Å². The van der Waals surface area contributed by atoms with E-state index in [1.165, 1.54) is 4.68 Å². The van der Waals surface area contributed by atoms with Gasteiger partial charge in [-0.05, 0) is 37.5 Å². The van der Waals surface area contributed by atoms with Gasteiger partial charge in [0.25, 0.3) is 11.5 Å². The standard InChI is InChI=1S/C24H29N3O4/c1-4-13-27-24(29)19-10-8-7-9-18(19)22(26-27)23(28)25-17-11-12-20(30-14-5-2)21(16-17)31-15-6-3/h7-12,16H,4-6,13-15H2,1-3H3,(H,25,28). The molecule has 1 amide bonds. The number of carbonyl (C=O) groups is 1. The van der Waals surface area contributed by atoms with Gasteiger partial charge in [0.05, 0.1) is 18.6 Å². The van der Waals surface area contributed by atoms with E-state index in [-0.39, 0.29) is 17.2 Å². The number of fused-ring (bicyclic) bond motifs is 1. The zero-order valence-electron chi connectivity index (χ0n) is 18.3. The van der Waals surface area contributed by atoms with Crippen molar-refractivity contribution in [2.45, 2.75) is 46.6 Å². The molecule has 0 fully saturated rings. The lowest BCUT2D eigenvalue weighted by Crippen LogP contribution is -2.27. The topological polar surface area (TPSA) is 82.5 Å². The van der Waals surface area contributed by atoms with Gasteiger partial charge in [-0.15, -0.1) is 0 Å². The van der Waals surface area contributed by atoms with E-state index in [2.05, 4.69) is 10.4 Å². The molecule has 3 aromatic rings. The zero-order valence-corrected chi connectivity index (χ0v) is 18.3. The average Bonchev–Trinajstić information content (AvgIpc) is 2.79. The van der Waals surface area contributed by atoms with Crippen molar-refractivity contribution in [1.29, 1.82) is 0 Å². The molecule has 0 spiro atoms. The summed E-state index contributed by atoms with van der Waals surface area (Å²) in [6, 6.07) is 12.4. The molecule has 7 nitrogen and oxygen atoms in total. The molecule has 0 unspecified atom stereocenters. The number of benzene rings is 2. The fraction of sp³-hybridized carbons (Fsp3) is 0.375. The summed E-state index contributed by atoms with van der Waals surface area (Å²) in [6.07, 6.45) is 2.49. The Morgan fingerprint density at radius 3 is 2.29 bits per heavy atom. The number of aryl methyl sites for hydroxylation is 1. The number of nitrogens with one attached hydrogen (secondary N) is 1. The molecular weight excluding hydrogens is 394 g/mol. The second-order valence-electron chi connectivity index (χ2n) is 7.24. The Kier molecular flexibility index (Phi) is 7.65. The van der Waals surface area contributed by atoms with Crippen molar-refractivity contribution in [3.05, 3.63) is 58.5 Å². The van der Waals surface area contributed by atoms with Crippen LogP contribution >= 0.6 is 0 Å². The van der Waals surface area contributed by atoms with Crippen LogP contribution in [0.3, 0.4) is 0 Å². The number of anilines is 1. The van der Waals surface area contributed by atoms with Crippen LogP contribution in [0.25, 0.3) is 10.8 Å². The minimum atomic E-state index is -0.385. The fourth-order valence-electron chi connectivity index (χ4n) is 3.20. The average molecular weight is 424 g/mol. The second-order valence-corrected chi connectivity index (χ2v) is 7.24. The first-order valence-electron chi connectivity index (χ1n) is 10.8. The highest BCUT2D eigenvalue weighted by Crippen LogP contribution is 2.31. The van der Waals surface area contributed by atoms with Crippen LogP contribution in [0.4, 0.5) is 5.69 Å². The number of aromatic nitrogens is 2. The first kappa shape index (κ1) is 22.3. The van der Waals surface area contributed by atoms with Crippen LogP contribution < -0.4 is 20.3 Å². The predicted octanol–water partition coefficient (Wildman–Crippen LogP) is 4.64. The van der Waals surface area contributed by atoms with E-state index < -0.39 is 0 Å². The van der Waals surface area contributed by atoms with Gasteiger partial charge in [0.15, 0.2) is 17.2 Å². The summed E-state index contributed by atoms with van der Waals surface area (Å²) >= 11 is 0. The van der Waals surface area contributed by atoms with Crippen LogP contribution in [0.1, 0.15) is 50.5 Å². The lowest BCUT2D eigenvalue weighted by Gasteiger charge is -2.15. The summed E-state index contributed by atoms with van der Waals surface area (Å²) in [6.45, 7) is 7.61. The van der Waals surface area contributed by atoms with E-state index in [0.717, 1.165) is 19.3 Å². The third kappa shape index (κ3) is 5.23. The Labute approximate surface area is 182 Å². The maximum Gasteiger partial charge on any atom is 0.276 e. The van der Waals surface area contributed by atoms with E-state index in [9.17, 15) is 9.59 Å². The quantitative estimate of drug-likeness (QED) is 0.514. The minimum Gasteiger partial charge on any atom is -0.490 e. The lowest BCUT2D eigenvalue weighted by atomic mass is 10.1. The number of amides is 1. The molecule has 0 aliphatic carbocycles. The number of hydrogen-bond donors (Lipinski definition) is 1. The van der Waals surface area contributed by atoms with Crippen LogP contribution in [0.15, 0.2) is 47.3 Å². The van der Waals surface area contributed by atoms with Crippen molar-refractivity contribution in [1.82, 2.24) is 9.78 Å². The van der Waals surface area contributed by atoms with E-state index in [1.807, 2.05) is 20.8 Å². The number of rotatable bonds is 10. The third-order valence-electron chi connectivity index (χ3n) is 4.64. The summed E-state index contributed by atoms with van der Waals surface area (Å²) in [5, 5.41) is 8.25. The van der Waals surface area contributed by atoms with Crippen LogP contribution in [-0.4, -0.2) is 28.9 Å². The molecule has 1 N–H and O–H groups in total. The zero-order chi connectivity index (χ0) is 22.2. The van der Waals surface area contributed by atoms with Crippen LogP contribution in [-0.2, 0) is 6.54 Å². The van der Waals surface area contributed by atoms with Gasteiger partial charge in [-0.2, -0.15) is 5.10 Å². The molecule has 164 valence electrons. The minimum absolute atomic E-state index is 0.193. The van der Waals surface area contributed by atoms with Crippen LogP contribution in [0, 0.1) is 0 Å². The Hall–Kier alpha value is -3.35. The van der Waals surface area contributed by atoms with Gasteiger partial charge < -0.3 is 14.8 Å². The van der Waals surface area contributed by atoms with E-state index in [1.54, 1.807) is 42.5 Å². The smallest absolute Gasteiger partial charge is 0.276 e. The van der Waals surface area contributed by atoms with E-state index in [0.29, 0.717) is 47.7 Å². The fourth-order valence-corrected chi connectivity index (χ4v) is 3.20. The van der Waals surface area contributed by atoms with Crippen molar-refractivity contribution in [3.8, 4) is 11.5 Å². The predicted molar refractivity (Wildman–Crippen MR) is 122 cm³/mol. The Morgan fingerprint density at radius 1 is 0.935 bits per heavy atom. The highest BCUT2D eigenvalue weighted by Gasteiger charge is 2.17. The number of ether oxygens (including phenoxy) is 2. The first-order valence-corrected chi connectivity index (χ1v) is 10.8. The van der Waals surface area contributed by atoms with Gasteiger partial charge in [-0.25, -0.2) is 4.68 Å². The Morgan fingerprint density at radius 2 is 1.61 bits per heavy atom. The lowest BCUT2D eigenvalue weighted by molar-refractivity contribution is 0.102. The molecule has 0 radical (unpaired) electrons. The monoisotopic (exact) mass is 423 g/mol. The molecule has 0 aliphatic rings. The Bertz CT molecular complexity index is 1110. The van der Waals surface area contributed by atoms with Crippen molar-refractivity contribution >= 4 is 22.4 Å². The normalized spacial score (nSPS) is 10.8. The molecule has 3 rings (SSSR count). The molecule has 0 saturated heterocycles. The molecule has 2 aromatic carbocycles. The highest BCUT2D eigenvalue weighted by molar-refractivity contribution is 6.11. The number of hydrogen-bond acceptors (Lipinski definition) is 5. The van der Waals surface area contributed by atoms with Gasteiger partial charge in [0, 0.05) is 23.7 Å². The maximum absolute atomic E-state index is 13.1. The summed E-state index contributed by atoms with van der Waals surface area (Å²) in [7, 11) is 0. The largest absolute Gasteiger partial charge is 0.490 e. The molecular formula is C24H29N3O4. The van der Waals surface area contributed by atoms with Gasteiger partial charge in [0.2, 0.25) is 0 Å². The van der Waals surface area contributed by atoms with Gasteiger partial charge in [-0.1, -0.05) is 39.0 Å². The van der Waals surface area contributed by atoms with Gasteiger partial charge in [0.1, 0.15) is 0 Å². The van der Waals surface area contributed by atoms with Crippen molar-refractivity contribution in [2.75, 3.05) is 18.5 Å². The molecule has 1 aromatic heterocycles.